The molecule has 0 spiro atoms. The van der Waals surface area contributed by atoms with Gasteiger partial charge >= 0.3 is 0 Å². The summed E-state index contributed by atoms with van der Waals surface area (Å²) in [5, 5.41) is 15.6. The van der Waals surface area contributed by atoms with E-state index in [4.69, 9.17) is 34.8 Å². The highest BCUT2D eigenvalue weighted by Gasteiger charge is 2.50. The second kappa shape index (κ2) is 8.99. The fraction of sp³-hybridized carbons (Fsp3) is 0.250. The maximum atomic E-state index is 13.6. The molecule has 1 N–H and O–H groups in total. The molecule has 0 radical (unpaired) electrons. The third-order valence-electron chi connectivity index (χ3n) is 6.45. The zero-order valence-electron chi connectivity index (χ0n) is 17.1. The summed E-state index contributed by atoms with van der Waals surface area (Å²) < 4.78 is 13.6. The molecule has 5 atom stereocenters. The first kappa shape index (κ1) is 22.8. The van der Waals surface area contributed by atoms with Gasteiger partial charge in [0.05, 0.1) is 37.0 Å². The summed E-state index contributed by atoms with van der Waals surface area (Å²) in [6.07, 6.45) is 0.726. The molecule has 170 valence electrons. The lowest BCUT2D eigenvalue weighted by molar-refractivity contribution is -0.387. The quantitative estimate of drug-likeness (QED) is 0.213. The SMILES string of the molecule is O=[N+]([O-])c1ccccc1S[C@H]1C[C@H]2[C@H](c3ccc(Cl)c(Cl)c3N[C@H]2c2ccc(F)cc2)[C@@H]1Cl. The van der Waals surface area contributed by atoms with E-state index in [1.807, 2.05) is 6.07 Å². The fourth-order valence-electron chi connectivity index (χ4n) is 4.99. The molecular formula is C24H18Cl3FN2O2S. The number of nitro groups is 1. The van der Waals surface area contributed by atoms with Crippen LogP contribution < -0.4 is 5.32 Å². The summed E-state index contributed by atoms with van der Waals surface area (Å²) in [7, 11) is 0. The predicted molar refractivity (Wildman–Crippen MR) is 132 cm³/mol. The third kappa shape index (κ3) is 4.08. The summed E-state index contributed by atoms with van der Waals surface area (Å²) in [4.78, 5) is 11.7. The molecular weight excluding hydrogens is 506 g/mol. The molecule has 1 heterocycles. The number of fused-ring (bicyclic) bond motifs is 3. The molecule has 0 unspecified atom stereocenters. The average Bonchev–Trinajstić information content (AvgIpc) is 3.13. The first-order valence-electron chi connectivity index (χ1n) is 10.4. The largest absolute Gasteiger partial charge is 0.376 e. The number of para-hydroxylation sites is 1. The number of alkyl halides is 1. The Kier molecular flexibility index (Phi) is 6.21. The minimum Gasteiger partial charge on any atom is -0.376 e. The predicted octanol–water partition coefficient (Wildman–Crippen LogP) is 8.08. The summed E-state index contributed by atoms with van der Waals surface area (Å²) in [6, 6.07) is 16.7. The van der Waals surface area contributed by atoms with E-state index in [0.717, 1.165) is 23.2 Å². The van der Waals surface area contributed by atoms with Gasteiger partial charge in [0.25, 0.3) is 5.69 Å². The average molecular weight is 524 g/mol. The molecule has 3 aromatic rings. The highest BCUT2D eigenvalue weighted by Crippen LogP contribution is 2.59. The highest BCUT2D eigenvalue weighted by atomic mass is 35.5. The Labute approximate surface area is 209 Å². The molecule has 3 aromatic carbocycles. The molecule has 0 bridgehead atoms. The second-order valence-corrected chi connectivity index (χ2v) is 10.8. The van der Waals surface area contributed by atoms with Crippen molar-refractivity contribution in [1.82, 2.24) is 0 Å². The molecule has 1 aliphatic heterocycles. The van der Waals surface area contributed by atoms with Crippen LogP contribution in [0.2, 0.25) is 10.0 Å². The molecule has 0 saturated heterocycles. The van der Waals surface area contributed by atoms with Crippen molar-refractivity contribution in [2.24, 2.45) is 5.92 Å². The van der Waals surface area contributed by atoms with Gasteiger partial charge in [-0.2, -0.15) is 0 Å². The van der Waals surface area contributed by atoms with Crippen LogP contribution in [0, 0.1) is 21.8 Å². The number of nitrogens with one attached hydrogen (secondary N) is 1. The van der Waals surface area contributed by atoms with E-state index in [2.05, 4.69) is 5.32 Å². The molecule has 9 heteroatoms. The molecule has 0 amide bonds. The van der Waals surface area contributed by atoms with E-state index in [1.165, 1.54) is 30.0 Å². The van der Waals surface area contributed by atoms with Crippen molar-refractivity contribution in [3.8, 4) is 0 Å². The summed E-state index contributed by atoms with van der Waals surface area (Å²) in [5.74, 6) is -0.268. The van der Waals surface area contributed by atoms with Crippen LogP contribution in [0.15, 0.2) is 65.6 Å². The standard InChI is InChI=1S/C24H18Cl3FN2O2S/c25-16-10-9-14-20-15(23(29-24(14)21(16)26)12-5-7-13(28)8-6-12)11-19(22(20)27)33-18-4-2-1-3-17(18)30(31)32/h1-10,15,19-20,22-23,29H,11H2/t15-,19-,20-,22+,23-/m0/s1. The zero-order chi connectivity index (χ0) is 23.3. The molecule has 1 aliphatic carbocycles. The van der Waals surface area contributed by atoms with Crippen LogP contribution in [0.4, 0.5) is 15.8 Å². The van der Waals surface area contributed by atoms with Gasteiger partial charge in [-0.1, -0.05) is 53.5 Å². The van der Waals surface area contributed by atoms with Gasteiger partial charge in [-0.3, -0.25) is 10.1 Å². The lowest BCUT2D eigenvalue weighted by Gasteiger charge is -2.39. The molecule has 5 rings (SSSR count). The Morgan fingerprint density at radius 1 is 1.06 bits per heavy atom. The smallest absolute Gasteiger partial charge is 0.282 e. The van der Waals surface area contributed by atoms with Crippen molar-refractivity contribution < 1.29 is 9.31 Å². The number of nitrogens with zero attached hydrogens (tertiary/aromatic N) is 1. The van der Waals surface area contributed by atoms with Crippen LogP contribution in [0.3, 0.4) is 0 Å². The Hall–Kier alpha value is -1.99. The Morgan fingerprint density at radius 2 is 1.79 bits per heavy atom. The summed E-state index contributed by atoms with van der Waals surface area (Å²) in [5.41, 5.74) is 2.72. The zero-order valence-corrected chi connectivity index (χ0v) is 20.1. The van der Waals surface area contributed by atoms with E-state index in [-0.39, 0.29) is 44.9 Å². The second-order valence-electron chi connectivity index (χ2n) is 8.25. The highest BCUT2D eigenvalue weighted by molar-refractivity contribution is 8.00. The topological polar surface area (TPSA) is 55.2 Å². The van der Waals surface area contributed by atoms with Crippen molar-refractivity contribution in [1.29, 1.82) is 0 Å². The van der Waals surface area contributed by atoms with Crippen LogP contribution in [0.25, 0.3) is 0 Å². The number of hydrogen-bond acceptors (Lipinski definition) is 4. The maximum absolute atomic E-state index is 13.6. The molecule has 1 fully saturated rings. The fourth-order valence-corrected chi connectivity index (χ4v) is 7.32. The van der Waals surface area contributed by atoms with Gasteiger partial charge in [0.15, 0.2) is 0 Å². The van der Waals surface area contributed by atoms with Gasteiger partial charge < -0.3 is 5.32 Å². The number of hydrogen-bond donors (Lipinski definition) is 1. The number of anilines is 1. The van der Waals surface area contributed by atoms with Gasteiger partial charge in [0.1, 0.15) is 5.82 Å². The Bertz CT molecular complexity index is 1230. The number of halogens is 4. The van der Waals surface area contributed by atoms with Gasteiger partial charge in [0.2, 0.25) is 0 Å². The van der Waals surface area contributed by atoms with E-state index in [1.54, 1.807) is 36.4 Å². The normalized spacial score (nSPS) is 25.8. The molecule has 33 heavy (non-hydrogen) atoms. The van der Waals surface area contributed by atoms with Gasteiger partial charge in [-0.15, -0.1) is 23.4 Å². The molecule has 0 aromatic heterocycles. The van der Waals surface area contributed by atoms with E-state index in [9.17, 15) is 14.5 Å². The van der Waals surface area contributed by atoms with Crippen LogP contribution in [-0.4, -0.2) is 15.6 Å². The van der Waals surface area contributed by atoms with Crippen LogP contribution in [-0.2, 0) is 0 Å². The Balaban J connectivity index is 1.56. The van der Waals surface area contributed by atoms with E-state index >= 15 is 0 Å². The number of thioether (sulfide) groups is 1. The number of rotatable bonds is 4. The minimum atomic E-state index is -0.368. The lowest BCUT2D eigenvalue weighted by Crippen LogP contribution is -2.31. The number of benzene rings is 3. The van der Waals surface area contributed by atoms with Crippen molar-refractivity contribution in [2.45, 2.75) is 33.9 Å². The van der Waals surface area contributed by atoms with E-state index in [0.29, 0.717) is 14.9 Å². The van der Waals surface area contributed by atoms with Crippen molar-refractivity contribution in [2.75, 3.05) is 5.32 Å². The maximum Gasteiger partial charge on any atom is 0.282 e. The van der Waals surface area contributed by atoms with Crippen LogP contribution >= 0.6 is 46.6 Å². The monoisotopic (exact) mass is 522 g/mol. The number of nitro benzene ring substituents is 1. The van der Waals surface area contributed by atoms with Crippen LogP contribution in [0.1, 0.15) is 29.5 Å². The Morgan fingerprint density at radius 3 is 2.52 bits per heavy atom. The lowest BCUT2D eigenvalue weighted by atomic mass is 9.77. The molecule has 2 aliphatic rings. The first-order chi connectivity index (χ1) is 15.8. The summed E-state index contributed by atoms with van der Waals surface area (Å²) >= 11 is 21.4. The van der Waals surface area contributed by atoms with Crippen LogP contribution in [0.5, 0.6) is 0 Å². The van der Waals surface area contributed by atoms with Crippen molar-refractivity contribution >= 4 is 57.9 Å². The minimum absolute atomic E-state index is 0.0481. The van der Waals surface area contributed by atoms with Crippen molar-refractivity contribution in [3.63, 3.8) is 0 Å². The first-order valence-corrected chi connectivity index (χ1v) is 12.5. The van der Waals surface area contributed by atoms with E-state index < -0.39 is 0 Å². The molecule has 4 nitrogen and oxygen atoms in total. The molecule has 1 saturated carbocycles. The van der Waals surface area contributed by atoms with Gasteiger partial charge in [-0.05, 0) is 47.7 Å². The summed E-state index contributed by atoms with van der Waals surface area (Å²) in [6.45, 7) is 0. The third-order valence-corrected chi connectivity index (χ3v) is 9.36. The van der Waals surface area contributed by atoms with Gasteiger partial charge in [-0.25, -0.2) is 4.39 Å². The van der Waals surface area contributed by atoms with Gasteiger partial charge in [0, 0.05) is 17.2 Å². The van der Waals surface area contributed by atoms with Crippen molar-refractivity contribution in [3.05, 3.63) is 97.8 Å².